The van der Waals surface area contributed by atoms with Gasteiger partial charge in [0.15, 0.2) is 0 Å². The van der Waals surface area contributed by atoms with Gasteiger partial charge in [-0.05, 0) is 58.7 Å². The number of carboxylic acids is 1. The van der Waals surface area contributed by atoms with Gasteiger partial charge in [-0.2, -0.15) is 0 Å². The molecule has 112 valence electrons. The van der Waals surface area contributed by atoms with Crippen molar-refractivity contribution >= 4 is 5.97 Å². The summed E-state index contributed by atoms with van der Waals surface area (Å²) in [4.78, 5) is 14.0. The molecule has 0 aromatic heterocycles. The van der Waals surface area contributed by atoms with Crippen LogP contribution in [-0.2, 0) is 4.79 Å². The van der Waals surface area contributed by atoms with Crippen LogP contribution >= 0.6 is 0 Å². The highest BCUT2D eigenvalue weighted by atomic mass is 16.4. The molecule has 1 rings (SSSR count). The van der Waals surface area contributed by atoms with Gasteiger partial charge in [0.1, 0.15) is 5.54 Å². The smallest absolute Gasteiger partial charge is 0.323 e. The van der Waals surface area contributed by atoms with Gasteiger partial charge in [-0.25, -0.2) is 0 Å². The van der Waals surface area contributed by atoms with E-state index in [-0.39, 0.29) is 0 Å². The molecule has 1 saturated heterocycles. The fraction of sp³-hybridized carbons (Fsp3) is 0.933. The number of hydrogen-bond acceptors (Lipinski definition) is 3. The molecule has 0 radical (unpaired) electrons. The van der Waals surface area contributed by atoms with Crippen LogP contribution < -0.4 is 5.32 Å². The zero-order chi connectivity index (χ0) is 14.3. The Kier molecular flexibility index (Phi) is 6.80. The third-order valence-electron chi connectivity index (χ3n) is 4.52. The standard InChI is InChI=1S/C15H30N2O2/c1-4-15(14(18)19,16-5-2)10-8-12-17-11-7-6-9-13(17)3/h13,16H,4-12H2,1-3H3,(H,18,19). The van der Waals surface area contributed by atoms with Gasteiger partial charge in [0, 0.05) is 6.04 Å². The summed E-state index contributed by atoms with van der Waals surface area (Å²) in [5.41, 5.74) is -0.728. The van der Waals surface area contributed by atoms with Crippen LogP contribution in [0.5, 0.6) is 0 Å². The lowest BCUT2D eigenvalue weighted by molar-refractivity contribution is -0.145. The Morgan fingerprint density at radius 3 is 2.68 bits per heavy atom. The van der Waals surface area contributed by atoms with E-state index >= 15 is 0 Å². The number of aliphatic carboxylic acids is 1. The number of piperidine rings is 1. The van der Waals surface area contributed by atoms with Gasteiger partial charge < -0.3 is 15.3 Å². The van der Waals surface area contributed by atoms with E-state index in [0.29, 0.717) is 19.0 Å². The third kappa shape index (κ3) is 4.46. The molecule has 0 bridgehead atoms. The molecule has 19 heavy (non-hydrogen) atoms. The maximum absolute atomic E-state index is 11.5. The Morgan fingerprint density at radius 2 is 2.16 bits per heavy atom. The van der Waals surface area contributed by atoms with Gasteiger partial charge in [0.2, 0.25) is 0 Å². The molecule has 0 aromatic rings. The second-order valence-corrected chi connectivity index (χ2v) is 5.76. The topological polar surface area (TPSA) is 52.6 Å². The summed E-state index contributed by atoms with van der Waals surface area (Å²) in [6.07, 6.45) is 6.22. The maximum atomic E-state index is 11.5. The highest BCUT2D eigenvalue weighted by Gasteiger charge is 2.35. The number of likely N-dealkylation sites (N-methyl/N-ethyl adjacent to an activating group) is 1. The number of likely N-dealkylation sites (tertiary alicyclic amines) is 1. The normalized spacial score (nSPS) is 24.1. The first kappa shape index (κ1) is 16.4. The molecular formula is C15H30N2O2. The number of hydrogen-bond donors (Lipinski definition) is 2. The van der Waals surface area contributed by atoms with E-state index in [1.54, 1.807) is 0 Å². The predicted octanol–water partition coefficient (Wildman–Crippen LogP) is 2.48. The third-order valence-corrected chi connectivity index (χ3v) is 4.52. The molecule has 1 aliphatic heterocycles. The van der Waals surface area contributed by atoms with Crippen molar-refractivity contribution in [2.45, 2.75) is 70.9 Å². The Balaban J connectivity index is 2.45. The lowest BCUT2D eigenvalue weighted by atomic mass is 9.90. The Morgan fingerprint density at radius 1 is 1.42 bits per heavy atom. The predicted molar refractivity (Wildman–Crippen MR) is 78.5 cm³/mol. The van der Waals surface area contributed by atoms with Gasteiger partial charge in [-0.3, -0.25) is 4.79 Å². The lowest BCUT2D eigenvalue weighted by Gasteiger charge is -2.35. The van der Waals surface area contributed by atoms with Gasteiger partial charge in [-0.1, -0.05) is 20.3 Å². The molecule has 4 nitrogen and oxygen atoms in total. The average Bonchev–Trinajstić information content (AvgIpc) is 2.39. The van der Waals surface area contributed by atoms with Crippen LogP contribution in [0.1, 0.15) is 59.3 Å². The molecule has 0 saturated carbocycles. The number of rotatable bonds is 8. The van der Waals surface area contributed by atoms with Crippen molar-refractivity contribution in [3.05, 3.63) is 0 Å². The molecular weight excluding hydrogens is 240 g/mol. The summed E-state index contributed by atoms with van der Waals surface area (Å²) in [7, 11) is 0. The van der Waals surface area contributed by atoms with Gasteiger partial charge in [-0.15, -0.1) is 0 Å². The van der Waals surface area contributed by atoms with Crippen molar-refractivity contribution < 1.29 is 9.90 Å². The first-order chi connectivity index (χ1) is 9.05. The monoisotopic (exact) mass is 270 g/mol. The fourth-order valence-electron chi connectivity index (χ4n) is 3.14. The number of nitrogens with zero attached hydrogens (tertiary/aromatic N) is 1. The zero-order valence-electron chi connectivity index (χ0n) is 12.7. The summed E-state index contributed by atoms with van der Waals surface area (Å²) in [5, 5.41) is 12.6. The highest BCUT2D eigenvalue weighted by molar-refractivity contribution is 5.78. The van der Waals surface area contributed by atoms with Crippen molar-refractivity contribution in [1.82, 2.24) is 10.2 Å². The first-order valence-corrected chi connectivity index (χ1v) is 7.78. The SMILES string of the molecule is CCNC(CC)(CCCN1CCCCC1C)C(=O)O. The summed E-state index contributed by atoms with van der Waals surface area (Å²) < 4.78 is 0. The molecule has 2 N–H and O–H groups in total. The Bertz CT molecular complexity index is 283. The fourth-order valence-corrected chi connectivity index (χ4v) is 3.14. The van der Waals surface area contributed by atoms with E-state index < -0.39 is 11.5 Å². The quantitative estimate of drug-likeness (QED) is 0.711. The van der Waals surface area contributed by atoms with Crippen LogP contribution in [0, 0.1) is 0 Å². The van der Waals surface area contributed by atoms with E-state index in [1.807, 2.05) is 13.8 Å². The van der Waals surface area contributed by atoms with Crippen LogP contribution in [0.2, 0.25) is 0 Å². The van der Waals surface area contributed by atoms with Crippen molar-refractivity contribution in [2.75, 3.05) is 19.6 Å². The molecule has 2 atom stereocenters. The van der Waals surface area contributed by atoms with Gasteiger partial charge >= 0.3 is 5.97 Å². The minimum atomic E-state index is -0.728. The minimum Gasteiger partial charge on any atom is -0.480 e. The largest absolute Gasteiger partial charge is 0.480 e. The molecule has 0 aliphatic carbocycles. The van der Waals surface area contributed by atoms with Crippen molar-refractivity contribution in [1.29, 1.82) is 0 Å². The molecule has 1 heterocycles. The van der Waals surface area contributed by atoms with E-state index in [0.717, 1.165) is 19.4 Å². The second-order valence-electron chi connectivity index (χ2n) is 5.76. The molecule has 0 amide bonds. The maximum Gasteiger partial charge on any atom is 0.323 e. The second kappa shape index (κ2) is 7.85. The molecule has 1 fully saturated rings. The summed E-state index contributed by atoms with van der Waals surface area (Å²) in [5.74, 6) is -0.705. The number of carbonyl (C=O) groups is 1. The first-order valence-electron chi connectivity index (χ1n) is 7.78. The summed E-state index contributed by atoms with van der Waals surface area (Å²) in [6.45, 7) is 9.13. The minimum absolute atomic E-state index is 0.645. The molecule has 0 spiro atoms. The summed E-state index contributed by atoms with van der Waals surface area (Å²) in [6, 6.07) is 0.661. The Labute approximate surface area is 117 Å². The van der Waals surface area contributed by atoms with Crippen molar-refractivity contribution in [2.24, 2.45) is 0 Å². The molecule has 2 unspecified atom stereocenters. The van der Waals surface area contributed by atoms with Crippen molar-refractivity contribution in [3.63, 3.8) is 0 Å². The van der Waals surface area contributed by atoms with Gasteiger partial charge in [0.05, 0.1) is 0 Å². The molecule has 4 heteroatoms. The Hall–Kier alpha value is -0.610. The molecule has 0 aromatic carbocycles. The number of carboxylic acid groups (broad SMARTS) is 1. The van der Waals surface area contributed by atoms with Gasteiger partial charge in [0.25, 0.3) is 0 Å². The lowest BCUT2D eigenvalue weighted by Crippen LogP contribution is -2.52. The van der Waals surface area contributed by atoms with Crippen LogP contribution in [0.15, 0.2) is 0 Å². The van der Waals surface area contributed by atoms with E-state index in [2.05, 4.69) is 17.1 Å². The van der Waals surface area contributed by atoms with Crippen LogP contribution in [0.3, 0.4) is 0 Å². The average molecular weight is 270 g/mol. The van der Waals surface area contributed by atoms with E-state index in [9.17, 15) is 9.90 Å². The van der Waals surface area contributed by atoms with Crippen LogP contribution in [0.4, 0.5) is 0 Å². The molecule has 1 aliphatic rings. The van der Waals surface area contributed by atoms with Crippen LogP contribution in [-0.4, -0.2) is 47.2 Å². The van der Waals surface area contributed by atoms with E-state index in [4.69, 9.17) is 0 Å². The van der Waals surface area contributed by atoms with Crippen LogP contribution in [0.25, 0.3) is 0 Å². The highest BCUT2D eigenvalue weighted by Crippen LogP contribution is 2.21. The van der Waals surface area contributed by atoms with E-state index in [1.165, 1.54) is 25.8 Å². The van der Waals surface area contributed by atoms with Crippen molar-refractivity contribution in [3.8, 4) is 0 Å². The zero-order valence-corrected chi connectivity index (χ0v) is 12.7. The number of nitrogens with one attached hydrogen (secondary N) is 1. The summed E-state index contributed by atoms with van der Waals surface area (Å²) >= 11 is 0.